The molecule has 0 aliphatic carbocycles. The number of fused-ring (bicyclic) bond motifs is 1. The van der Waals surface area contributed by atoms with E-state index in [0.29, 0.717) is 23.1 Å². The molecule has 7 nitrogen and oxygen atoms in total. The SMILES string of the molecule is CC(C)[C@H](NS(=O)(=O)c1ccc(Cl)cc1)C(=O)NC[C@H]1COc2ccccc2O1. The molecule has 9 heteroatoms. The third-order valence-electron chi connectivity index (χ3n) is 4.43. The molecule has 1 aliphatic heterocycles. The standard InChI is InChI=1S/C20H23ClN2O5S/c1-13(2)19(23-29(25,26)16-9-7-14(21)8-10-16)20(24)22-11-15-12-27-17-5-3-4-6-18(17)28-15/h3-10,13,15,19,23H,11-12H2,1-2H3,(H,22,24)/t15-,19-/m0/s1. The molecule has 0 saturated heterocycles. The maximum Gasteiger partial charge on any atom is 0.241 e. The Morgan fingerprint density at radius 3 is 2.45 bits per heavy atom. The highest BCUT2D eigenvalue weighted by Gasteiger charge is 2.29. The van der Waals surface area contributed by atoms with E-state index in [1.807, 2.05) is 18.2 Å². The van der Waals surface area contributed by atoms with E-state index in [-0.39, 0.29) is 23.5 Å². The van der Waals surface area contributed by atoms with Gasteiger partial charge in [-0.05, 0) is 42.3 Å². The van der Waals surface area contributed by atoms with Gasteiger partial charge in [-0.1, -0.05) is 37.6 Å². The lowest BCUT2D eigenvalue weighted by molar-refractivity contribution is -0.124. The first-order valence-electron chi connectivity index (χ1n) is 9.20. The molecule has 0 aromatic heterocycles. The van der Waals surface area contributed by atoms with Crippen LogP contribution in [0.15, 0.2) is 53.4 Å². The lowest BCUT2D eigenvalue weighted by Crippen LogP contribution is -2.52. The Labute approximate surface area is 175 Å². The van der Waals surface area contributed by atoms with Crippen molar-refractivity contribution in [1.29, 1.82) is 0 Å². The highest BCUT2D eigenvalue weighted by atomic mass is 35.5. The molecule has 0 saturated carbocycles. The summed E-state index contributed by atoms with van der Waals surface area (Å²) in [7, 11) is -3.87. The summed E-state index contributed by atoms with van der Waals surface area (Å²) in [5, 5.41) is 3.18. The Morgan fingerprint density at radius 1 is 1.14 bits per heavy atom. The lowest BCUT2D eigenvalue weighted by Gasteiger charge is -2.28. The van der Waals surface area contributed by atoms with Crippen molar-refractivity contribution in [3.8, 4) is 11.5 Å². The van der Waals surface area contributed by atoms with E-state index in [9.17, 15) is 13.2 Å². The molecule has 0 unspecified atom stereocenters. The predicted molar refractivity (Wildman–Crippen MR) is 110 cm³/mol. The quantitative estimate of drug-likeness (QED) is 0.693. The molecule has 0 radical (unpaired) electrons. The number of nitrogens with one attached hydrogen (secondary N) is 2. The molecule has 3 rings (SSSR count). The second-order valence-electron chi connectivity index (χ2n) is 7.04. The van der Waals surface area contributed by atoms with Gasteiger partial charge in [0.15, 0.2) is 11.5 Å². The zero-order valence-corrected chi connectivity index (χ0v) is 17.7. The molecule has 2 aromatic rings. The Balaban J connectivity index is 1.62. The molecule has 0 bridgehead atoms. The average Bonchev–Trinajstić information content (AvgIpc) is 2.70. The van der Waals surface area contributed by atoms with E-state index in [1.165, 1.54) is 24.3 Å². The van der Waals surface area contributed by atoms with Crippen LogP contribution in [-0.4, -0.2) is 39.6 Å². The van der Waals surface area contributed by atoms with Crippen LogP contribution in [0, 0.1) is 5.92 Å². The van der Waals surface area contributed by atoms with Crippen molar-refractivity contribution >= 4 is 27.5 Å². The smallest absolute Gasteiger partial charge is 0.241 e. The van der Waals surface area contributed by atoms with Crippen molar-refractivity contribution < 1.29 is 22.7 Å². The van der Waals surface area contributed by atoms with Crippen LogP contribution in [0.1, 0.15) is 13.8 Å². The largest absolute Gasteiger partial charge is 0.486 e. The summed E-state index contributed by atoms with van der Waals surface area (Å²) in [5.74, 6) is 0.578. The molecule has 2 N–H and O–H groups in total. The third-order valence-corrected chi connectivity index (χ3v) is 6.14. The van der Waals surface area contributed by atoms with Gasteiger partial charge in [-0.3, -0.25) is 4.79 Å². The first-order chi connectivity index (χ1) is 13.8. The highest BCUT2D eigenvalue weighted by molar-refractivity contribution is 7.89. The topological polar surface area (TPSA) is 93.7 Å². The number of rotatable bonds is 7. The van der Waals surface area contributed by atoms with Gasteiger partial charge < -0.3 is 14.8 Å². The molecular weight excluding hydrogens is 416 g/mol. The van der Waals surface area contributed by atoms with Gasteiger partial charge in [0, 0.05) is 5.02 Å². The van der Waals surface area contributed by atoms with Gasteiger partial charge in [0.1, 0.15) is 18.8 Å². The van der Waals surface area contributed by atoms with E-state index in [1.54, 1.807) is 19.9 Å². The van der Waals surface area contributed by atoms with Gasteiger partial charge in [-0.15, -0.1) is 0 Å². The summed E-state index contributed by atoms with van der Waals surface area (Å²) >= 11 is 5.81. The van der Waals surface area contributed by atoms with E-state index >= 15 is 0 Å². The number of sulfonamides is 1. The van der Waals surface area contributed by atoms with Gasteiger partial charge >= 0.3 is 0 Å². The maximum absolute atomic E-state index is 12.7. The molecule has 29 heavy (non-hydrogen) atoms. The number of carbonyl (C=O) groups excluding carboxylic acids is 1. The van der Waals surface area contributed by atoms with Crippen LogP contribution >= 0.6 is 11.6 Å². The maximum atomic E-state index is 12.7. The summed E-state index contributed by atoms with van der Waals surface area (Å²) in [6, 6.07) is 12.1. The van der Waals surface area contributed by atoms with Crippen LogP contribution in [0.4, 0.5) is 0 Å². The molecule has 0 fully saturated rings. The second-order valence-corrected chi connectivity index (χ2v) is 9.19. The van der Waals surface area contributed by atoms with Crippen molar-refractivity contribution in [2.24, 2.45) is 5.92 Å². The fourth-order valence-corrected chi connectivity index (χ4v) is 4.30. The molecule has 2 atom stereocenters. The van der Waals surface area contributed by atoms with Crippen molar-refractivity contribution in [2.75, 3.05) is 13.2 Å². The molecule has 0 spiro atoms. The molecule has 1 amide bonds. The minimum atomic E-state index is -3.87. The molecular formula is C20H23ClN2O5S. The van der Waals surface area contributed by atoms with Crippen molar-refractivity contribution in [3.63, 3.8) is 0 Å². The van der Waals surface area contributed by atoms with Crippen molar-refractivity contribution in [3.05, 3.63) is 53.6 Å². The van der Waals surface area contributed by atoms with Crippen molar-refractivity contribution in [2.45, 2.75) is 30.9 Å². The Kier molecular flexibility index (Phi) is 6.66. The monoisotopic (exact) mass is 438 g/mol. The van der Waals surface area contributed by atoms with Crippen LogP contribution < -0.4 is 19.5 Å². The zero-order chi connectivity index (χ0) is 21.0. The fourth-order valence-electron chi connectivity index (χ4n) is 2.83. The first-order valence-corrected chi connectivity index (χ1v) is 11.1. The van der Waals surface area contributed by atoms with Gasteiger partial charge in [0.25, 0.3) is 0 Å². The first kappa shape index (κ1) is 21.4. The Bertz CT molecular complexity index is 963. The number of carbonyl (C=O) groups is 1. The number of amides is 1. The van der Waals surface area contributed by atoms with Gasteiger partial charge in [-0.2, -0.15) is 4.72 Å². The van der Waals surface area contributed by atoms with Crippen LogP contribution in [0.5, 0.6) is 11.5 Å². The Hall–Kier alpha value is -2.29. The van der Waals surface area contributed by atoms with Crippen LogP contribution in [0.2, 0.25) is 5.02 Å². The number of halogens is 1. The minimum absolute atomic E-state index is 0.0426. The van der Waals surface area contributed by atoms with E-state index in [0.717, 1.165) is 0 Å². The fraction of sp³-hybridized carbons (Fsp3) is 0.350. The molecule has 1 aliphatic rings. The third kappa shape index (κ3) is 5.41. The number of hydrogen-bond donors (Lipinski definition) is 2. The zero-order valence-electron chi connectivity index (χ0n) is 16.1. The Morgan fingerprint density at radius 2 is 1.79 bits per heavy atom. The van der Waals surface area contributed by atoms with E-state index < -0.39 is 22.0 Å². The number of benzene rings is 2. The van der Waals surface area contributed by atoms with Gasteiger partial charge in [-0.25, -0.2) is 8.42 Å². The number of para-hydroxylation sites is 2. The van der Waals surface area contributed by atoms with E-state index in [2.05, 4.69) is 10.0 Å². The highest BCUT2D eigenvalue weighted by Crippen LogP contribution is 2.30. The summed E-state index contributed by atoms with van der Waals surface area (Å²) in [6.07, 6.45) is -0.366. The molecule has 1 heterocycles. The number of hydrogen-bond acceptors (Lipinski definition) is 5. The summed E-state index contributed by atoms with van der Waals surface area (Å²) in [6.45, 7) is 4.02. The van der Waals surface area contributed by atoms with Crippen molar-refractivity contribution in [1.82, 2.24) is 10.0 Å². The summed E-state index contributed by atoms with van der Waals surface area (Å²) in [5.41, 5.74) is 0. The summed E-state index contributed by atoms with van der Waals surface area (Å²) in [4.78, 5) is 12.7. The molecule has 2 aromatic carbocycles. The van der Waals surface area contributed by atoms with Crippen LogP contribution in [0.25, 0.3) is 0 Å². The second kappa shape index (κ2) is 9.02. The van der Waals surface area contributed by atoms with Crippen LogP contribution in [-0.2, 0) is 14.8 Å². The van der Waals surface area contributed by atoms with Gasteiger partial charge in [0.2, 0.25) is 15.9 Å². The normalized spacial score (nSPS) is 17.0. The number of ether oxygens (including phenoxy) is 2. The van der Waals surface area contributed by atoms with Gasteiger partial charge in [0.05, 0.1) is 11.4 Å². The predicted octanol–water partition coefficient (Wildman–Crippen LogP) is 2.60. The summed E-state index contributed by atoms with van der Waals surface area (Å²) < 4.78 is 39.2. The average molecular weight is 439 g/mol. The minimum Gasteiger partial charge on any atom is -0.486 e. The molecule has 156 valence electrons. The lowest BCUT2D eigenvalue weighted by atomic mass is 10.1. The van der Waals surface area contributed by atoms with Crippen LogP contribution in [0.3, 0.4) is 0 Å². The van der Waals surface area contributed by atoms with E-state index in [4.69, 9.17) is 21.1 Å².